The highest BCUT2D eigenvalue weighted by Crippen LogP contribution is 2.33. The van der Waals surface area contributed by atoms with Gasteiger partial charge in [0.05, 0.1) is 10.0 Å². The highest BCUT2D eigenvalue weighted by Gasteiger charge is 2.33. The van der Waals surface area contributed by atoms with E-state index in [1.165, 1.54) is 18.2 Å². The Morgan fingerprint density at radius 1 is 1.33 bits per heavy atom. The molecule has 0 radical (unpaired) electrons. The van der Waals surface area contributed by atoms with E-state index in [4.69, 9.17) is 10.2 Å². The molecule has 0 saturated heterocycles. The van der Waals surface area contributed by atoms with Crippen molar-refractivity contribution in [3.63, 3.8) is 0 Å². The maximum absolute atomic E-state index is 13.2. The van der Waals surface area contributed by atoms with E-state index in [-0.39, 0.29) is 36.8 Å². The molecule has 30 heavy (non-hydrogen) atoms. The second kappa shape index (κ2) is 9.05. The number of benzene rings is 1. The lowest BCUT2D eigenvalue weighted by Crippen LogP contribution is -2.34. The van der Waals surface area contributed by atoms with E-state index >= 15 is 0 Å². The minimum absolute atomic E-state index is 0.0736. The lowest BCUT2D eigenvalue weighted by Gasteiger charge is -2.18. The smallest absolute Gasteiger partial charge is 0.416 e. The highest BCUT2D eigenvalue weighted by atomic mass is 79.9. The van der Waals surface area contributed by atoms with E-state index < -0.39 is 17.6 Å². The molecule has 3 N–H and O–H groups in total. The van der Waals surface area contributed by atoms with Crippen molar-refractivity contribution in [2.45, 2.75) is 12.6 Å². The Hall–Kier alpha value is -2.59. The van der Waals surface area contributed by atoms with Gasteiger partial charge in [0.25, 0.3) is 5.91 Å². The summed E-state index contributed by atoms with van der Waals surface area (Å²) in [6.07, 6.45) is -2.75. The van der Waals surface area contributed by atoms with Crippen molar-refractivity contribution >= 4 is 21.8 Å². The first kappa shape index (κ1) is 22.1. The number of hydrogen-bond acceptors (Lipinski definition) is 4. The summed E-state index contributed by atoms with van der Waals surface area (Å²) >= 11 is 3.36. The van der Waals surface area contributed by atoms with Gasteiger partial charge in [-0.1, -0.05) is 18.2 Å². The van der Waals surface area contributed by atoms with Crippen molar-refractivity contribution < 1.29 is 22.4 Å². The standard InChI is InChI=1S/C20H20BrF3N4O2/c1-28-16(6-7-27-28)18-15(21)9-17(30-18)19(29)26-11-12(10-25)8-13-4-2-3-5-14(13)20(22,23)24/h2-7,9,12H,8,10-11,25H2,1H3,(H,26,29). The van der Waals surface area contributed by atoms with E-state index in [2.05, 4.69) is 26.3 Å². The number of rotatable bonds is 7. The van der Waals surface area contributed by atoms with E-state index in [0.29, 0.717) is 15.9 Å². The molecule has 0 bridgehead atoms. The fourth-order valence-electron chi connectivity index (χ4n) is 3.10. The molecule has 1 amide bonds. The molecular weight excluding hydrogens is 465 g/mol. The monoisotopic (exact) mass is 484 g/mol. The number of hydrogen-bond donors (Lipinski definition) is 2. The molecule has 2 aromatic heterocycles. The number of nitrogens with one attached hydrogen (secondary N) is 1. The molecule has 10 heteroatoms. The Bertz CT molecular complexity index is 1030. The number of alkyl halides is 3. The number of carbonyl (C=O) groups excluding carboxylic acids is 1. The summed E-state index contributed by atoms with van der Waals surface area (Å²) in [4.78, 5) is 12.5. The van der Waals surface area contributed by atoms with Gasteiger partial charge in [0.15, 0.2) is 11.5 Å². The average molecular weight is 485 g/mol. The van der Waals surface area contributed by atoms with Crippen LogP contribution in [0, 0.1) is 5.92 Å². The third kappa shape index (κ3) is 4.93. The van der Waals surface area contributed by atoms with Crippen LogP contribution in [0.25, 0.3) is 11.5 Å². The van der Waals surface area contributed by atoms with Gasteiger partial charge in [-0.15, -0.1) is 0 Å². The van der Waals surface area contributed by atoms with Crippen LogP contribution >= 0.6 is 15.9 Å². The van der Waals surface area contributed by atoms with E-state index in [9.17, 15) is 18.0 Å². The van der Waals surface area contributed by atoms with Crippen LogP contribution in [0.15, 0.2) is 51.5 Å². The number of aryl methyl sites for hydroxylation is 1. The first-order valence-corrected chi connectivity index (χ1v) is 9.91. The zero-order valence-electron chi connectivity index (χ0n) is 16.0. The van der Waals surface area contributed by atoms with Crippen molar-refractivity contribution in [1.82, 2.24) is 15.1 Å². The van der Waals surface area contributed by atoms with Gasteiger partial charge in [-0.2, -0.15) is 18.3 Å². The van der Waals surface area contributed by atoms with Crippen LogP contribution in [0.4, 0.5) is 13.2 Å². The molecule has 3 aromatic rings. The van der Waals surface area contributed by atoms with Crippen molar-refractivity contribution in [2.24, 2.45) is 18.7 Å². The third-order valence-corrected chi connectivity index (χ3v) is 5.27. The molecule has 0 aliphatic carbocycles. The Morgan fingerprint density at radius 3 is 2.70 bits per heavy atom. The summed E-state index contributed by atoms with van der Waals surface area (Å²) in [5.74, 6) is -0.321. The topological polar surface area (TPSA) is 86.1 Å². The van der Waals surface area contributed by atoms with Crippen molar-refractivity contribution in [2.75, 3.05) is 13.1 Å². The molecule has 0 spiro atoms. The molecule has 0 aliphatic rings. The molecule has 2 heterocycles. The van der Waals surface area contributed by atoms with Crippen LogP contribution in [0.2, 0.25) is 0 Å². The number of furan rings is 1. The Labute approximate surface area is 179 Å². The van der Waals surface area contributed by atoms with Crippen LogP contribution in [0.3, 0.4) is 0 Å². The zero-order chi connectivity index (χ0) is 21.9. The summed E-state index contributed by atoms with van der Waals surface area (Å²) in [6, 6.07) is 8.65. The Kier molecular flexibility index (Phi) is 6.67. The van der Waals surface area contributed by atoms with Crippen molar-refractivity contribution in [3.8, 4) is 11.5 Å². The second-order valence-corrected chi connectivity index (χ2v) is 7.65. The summed E-state index contributed by atoms with van der Waals surface area (Å²) in [5, 5.41) is 6.76. The summed E-state index contributed by atoms with van der Waals surface area (Å²) < 4.78 is 47.4. The number of carbonyl (C=O) groups is 1. The first-order valence-electron chi connectivity index (χ1n) is 9.11. The maximum atomic E-state index is 13.2. The van der Waals surface area contributed by atoms with Gasteiger partial charge in [0.2, 0.25) is 0 Å². The van der Waals surface area contributed by atoms with E-state index in [1.54, 1.807) is 30.1 Å². The third-order valence-electron chi connectivity index (χ3n) is 4.68. The lowest BCUT2D eigenvalue weighted by molar-refractivity contribution is -0.138. The minimum atomic E-state index is -4.44. The van der Waals surface area contributed by atoms with Crippen LogP contribution in [-0.2, 0) is 19.6 Å². The molecule has 160 valence electrons. The van der Waals surface area contributed by atoms with Gasteiger partial charge in [0, 0.05) is 25.9 Å². The second-order valence-electron chi connectivity index (χ2n) is 6.80. The molecule has 0 aliphatic heterocycles. The fraction of sp³-hybridized carbons (Fsp3) is 0.300. The van der Waals surface area contributed by atoms with Crippen LogP contribution in [-0.4, -0.2) is 28.8 Å². The molecule has 1 unspecified atom stereocenters. The number of aromatic nitrogens is 2. The SMILES string of the molecule is Cn1nccc1-c1oc(C(=O)NCC(CN)Cc2ccccc2C(F)(F)F)cc1Br. The first-order chi connectivity index (χ1) is 14.2. The molecule has 6 nitrogen and oxygen atoms in total. The number of halogens is 4. The lowest BCUT2D eigenvalue weighted by atomic mass is 9.95. The van der Waals surface area contributed by atoms with Crippen LogP contribution in [0.1, 0.15) is 21.7 Å². The van der Waals surface area contributed by atoms with Crippen LogP contribution < -0.4 is 11.1 Å². The summed E-state index contributed by atoms with van der Waals surface area (Å²) in [7, 11) is 1.74. The van der Waals surface area contributed by atoms with Gasteiger partial charge >= 0.3 is 6.18 Å². The van der Waals surface area contributed by atoms with Gasteiger partial charge < -0.3 is 15.5 Å². The zero-order valence-corrected chi connectivity index (χ0v) is 17.6. The van der Waals surface area contributed by atoms with Gasteiger partial charge in [-0.05, 0) is 52.5 Å². The molecule has 1 atom stereocenters. The van der Waals surface area contributed by atoms with Gasteiger partial charge in [-0.3, -0.25) is 9.48 Å². The minimum Gasteiger partial charge on any atom is -0.448 e. The number of nitrogens with zero attached hydrogens (tertiary/aromatic N) is 2. The highest BCUT2D eigenvalue weighted by molar-refractivity contribution is 9.10. The van der Waals surface area contributed by atoms with Crippen LogP contribution in [0.5, 0.6) is 0 Å². The Morgan fingerprint density at radius 2 is 2.07 bits per heavy atom. The molecule has 0 saturated carbocycles. The predicted molar refractivity (Wildman–Crippen MR) is 109 cm³/mol. The molecular formula is C20H20BrF3N4O2. The molecule has 3 rings (SSSR count). The summed E-state index contributed by atoms with van der Waals surface area (Å²) in [5.41, 5.74) is 5.88. The maximum Gasteiger partial charge on any atom is 0.416 e. The average Bonchev–Trinajstić information content (AvgIpc) is 3.29. The predicted octanol–water partition coefficient (Wildman–Crippen LogP) is 4.01. The van der Waals surface area contributed by atoms with Crippen molar-refractivity contribution in [3.05, 3.63) is 64.0 Å². The largest absolute Gasteiger partial charge is 0.448 e. The Balaban J connectivity index is 1.68. The van der Waals surface area contributed by atoms with Gasteiger partial charge in [-0.25, -0.2) is 0 Å². The fourth-order valence-corrected chi connectivity index (χ4v) is 3.59. The van der Waals surface area contributed by atoms with E-state index in [0.717, 1.165) is 6.07 Å². The summed E-state index contributed by atoms with van der Waals surface area (Å²) in [6.45, 7) is 0.232. The quantitative estimate of drug-likeness (QED) is 0.530. The number of nitrogens with two attached hydrogens (primary N) is 1. The molecule has 1 aromatic carbocycles. The normalized spacial score (nSPS) is 12.7. The number of amides is 1. The van der Waals surface area contributed by atoms with Crippen molar-refractivity contribution in [1.29, 1.82) is 0 Å². The molecule has 0 fully saturated rings. The van der Waals surface area contributed by atoms with Gasteiger partial charge in [0.1, 0.15) is 5.69 Å². The van der Waals surface area contributed by atoms with E-state index in [1.807, 2.05) is 0 Å².